The summed E-state index contributed by atoms with van der Waals surface area (Å²) in [4.78, 5) is 11.7. The number of rotatable bonds is 4. The fourth-order valence-corrected chi connectivity index (χ4v) is 1.54. The summed E-state index contributed by atoms with van der Waals surface area (Å²) < 4.78 is 15.0. The first-order chi connectivity index (χ1) is 7.97. The molecule has 0 spiro atoms. The molecule has 2 N–H and O–H groups in total. The van der Waals surface area contributed by atoms with Gasteiger partial charge in [-0.15, -0.1) is 0 Å². The Bertz CT molecular complexity index is 415. The Balaban J connectivity index is 3.31. The van der Waals surface area contributed by atoms with Gasteiger partial charge in [0.15, 0.2) is 0 Å². The summed E-state index contributed by atoms with van der Waals surface area (Å²) in [6.07, 6.45) is 0. The lowest BCUT2D eigenvalue weighted by Gasteiger charge is -2.24. The van der Waals surface area contributed by atoms with Crippen molar-refractivity contribution in [2.24, 2.45) is 5.73 Å². The molecule has 1 rings (SSSR count). The number of hydrogen-bond donors (Lipinski definition) is 1. The minimum absolute atomic E-state index is 0.515. The first kappa shape index (κ1) is 13.3. The van der Waals surface area contributed by atoms with Gasteiger partial charge in [0.05, 0.1) is 21.3 Å². The molecule has 0 bridgehead atoms. The second-order valence-corrected chi connectivity index (χ2v) is 3.76. The second-order valence-electron chi connectivity index (χ2n) is 3.76. The lowest BCUT2D eigenvalue weighted by Crippen LogP contribution is -2.43. The van der Waals surface area contributed by atoms with E-state index in [9.17, 15) is 4.79 Å². The Morgan fingerprint density at radius 2 is 1.88 bits per heavy atom. The molecule has 0 saturated carbocycles. The molecule has 1 aromatic carbocycles. The molecule has 0 amide bonds. The zero-order valence-electron chi connectivity index (χ0n) is 10.4. The van der Waals surface area contributed by atoms with E-state index in [4.69, 9.17) is 15.2 Å². The van der Waals surface area contributed by atoms with Crippen LogP contribution in [0.3, 0.4) is 0 Å². The maximum absolute atomic E-state index is 11.7. The number of methoxy groups -OCH3 is 3. The molecule has 1 unspecified atom stereocenters. The normalized spacial score (nSPS) is 13.7. The van der Waals surface area contributed by atoms with Gasteiger partial charge in [-0.2, -0.15) is 0 Å². The first-order valence-electron chi connectivity index (χ1n) is 5.07. The number of benzene rings is 1. The number of nitrogens with two attached hydrogens (primary N) is 1. The van der Waals surface area contributed by atoms with Gasteiger partial charge in [-0.25, -0.2) is 4.79 Å². The van der Waals surface area contributed by atoms with E-state index in [0.29, 0.717) is 17.1 Å². The maximum atomic E-state index is 11.7. The SMILES string of the molecule is COC(=O)C(C)(N)c1cc(OC)ccc1OC. The van der Waals surface area contributed by atoms with Gasteiger partial charge in [-0.1, -0.05) is 0 Å². The van der Waals surface area contributed by atoms with Crippen LogP contribution in [-0.4, -0.2) is 27.3 Å². The molecule has 5 nitrogen and oxygen atoms in total. The average Bonchev–Trinajstić information content (AvgIpc) is 2.36. The molecule has 0 radical (unpaired) electrons. The Hall–Kier alpha value is -1.75. The van der Waals surface area contributed by atoms with Crippen molar-refractivity contribution in [3.05, 3.63) is 23.8 Å². The molecule has 5 heteroatoms. The summed E-state index contributed by atoms with van der Waals surface area (Å²) in [5.74, 6) is 0.576. The van der Waals surface area contributed by atoms with E-state index in [1.54, 1.807) is 25.1 Å². The van der Waals surface area contributed by atoms with E-state index in [0.717, 1.165) is 0 Å². The number of ether oxygens (including phenoxy) is 3. The molecule has 1 atom stereocenters. The highest BCUT2D eigenvalue weighted by Crippen LogP contribution is 2.32. The fourth-order valence-electron chi connectivity index (χ4n) is 1.54. The van der Waals surface area contributed by atoms with Crippen molar-refractivity contribution >= 4 is 5.97 Å². The predicted octanol–water partition coefficient (Wildman–Crippen LogP) is 1.05. The summed E-state index contributed by atoms with van der Waals surface area (Å²) in [7, 11) is 4.34. The van der Waals surface area contributed by atoms with Crippen LogP contribution in [-0.2, 0) is 15.1 Å². The summed E-state index contributed by atoms with van der Waals surface area (Å²) in [5.41, 5.74) is 5.22. The van der Waals surface area contributed by atoms with Crippen LogP contribution in [0, 0.1) is 0 Å². The highest BCUT2D eigenvalue weighted by Gasteiger charge is 2.34. The van der Waals surface area contributed by atoms with Gasteiger partial charge in [-0.3, -0.25) is 0 Å². The van der Waals surface area contributed by atoms with Crippen LogP contribution < -0.4 is 15.2 Å². The lowest BCUT2D eigenvalue weighted by molar-refractivity contribution is -0.146. The molecular weight excluding hydrogens is 222 g/mol. The molecule has 0 fully saturated rings. The van der Waals surface area contributed by atoms with Gasteiger partial charge in [0.2, 0.25) is 0 Å². The standard InChI is InChI=1S/C12H17NO4/c1-12(13,11(14)17-4)9-7-8(15-2)5-6-10(9)16-3/h5-7H,13H2,1-4H3. The molecule has 0 heterocycles. The van der Waals surface area contributed by atoms with E-state index in [-0.39, 0.29) is 0 Å². The third-order valence-corrected chi connectivity index (χ3v) is 2.58. The number of esters is 1. The first-order valence-corrected chi connectivity index (χ1v) is 5.07. The Morgan fingerprint density at radius 3 is 2.35 bits per heavy atom. The van der Waals surface area contributed by atoms with E-state index in [1.807, 2.05) is 0 Å². The molecule has 94 valence electrons. The van der Waals surface area contributed by atoms with Gasteiger partial charge in [-0.05, 0) is 25.1 Å². The van der Waals surface area contributed by atoms with E-state index in [1.165, 1.54) is 21.3 Å². The molecule has 0 aliphatic rings. The highest BCUT2D eigenvalue weighted by atomic mass is 16.5. The van der Waals surface area contributed by atoms with Gasteiger partial charge in [0.25, 0.3) is 0 Å². The summed E-state index contributed by atoms with van der Waals surface area (Å²) in [6, 6.07) is 5.09. The van der Waals surface area contributed by atoms with E-state index < -0.39 is 11.5 Å². The van der Waals surface area contributed by atoms with Crippen LogP contribution in [0.5, 0.6) is 11.5 Å². The number of hydrogen-bond acceptors (Lipinski definition) is 5. The number of carbonyl (C=O) groups excluding carboxylic acids is 1. The Labute approximate surface area is 100 Å². The highest BCUT2D eigenvalue weighted by molar-refractivity contribution is 5.83. The van der Waals surface area contributed by atoms with Gasteiger partial charge < -0.3 is 19.9 Å². The third kappa shape index (κ3) is 2.50. The monoisotopic (exact) mass is 239 g/mol. The average molecular weight is 239 g/mol. The van der Waals surface area contributed by atoms with Crippen LogP contribution >= 0.6 is 0 Å². The van der Waals surface area contributed by atoms with Crippen molar-refractivity contribution in [2.45, 2.75) is 12.5 Å². The van der Waals surface area contributed by atoms with Crippen molar-refractivity contribution in [3.63, 3.8) is 0 Å². The van der Waals surface area contributed by atoms with E-state index >= 15 is 0 Å². The van der Waals surface area contributed by atoms with E-state index in [2.05, 4.69) is 4.74 Å². The zero-order chi connectivity index (χ0) is 13.1. The maximum Gasteiger partial charge on any atom is 0.330 e. The molecule has 0 aromatic heterocycles. The Kier molecular flexibility index (Phi) is 3.96. The molecular formula is C12H17NO4. The van der Waals surface area contributed by atoms with Crippen LogP contribution in [0.4, 0.5) is 0 Å². The van der Waals surface area contributed by atoms with Crippen molar-refractivity contribution in [3.8, 4) is 11.5 Å². The van der Waals surface area contributed by atoms with Crippen molar-refractivity contribution in [1.29, 1.82) is 0 Å². The number of carbonyl (C=O) groups is 1. The van der Waals surface area contributed by atoms with Crippen molar-refractivity contribution < 1.29 is 19.0 Å². The molecule has 0 aliphatic carbocycles. The largest absolute Gasteiger partial charge is 0.497 e. The summed E-state index contributed by atoms with van der Waals surface area (Å²) >= 11 is 0. The smallest absolute Gasteiger partial charge is 0.330 e. The Morgan fingerprint density at radius 1 is 1.24 bits per heavy atom. The summed E-state index contributed by atoms with van der Waals surface area (Å²) in [5, 5.41) is 0. The van der Waals surface area contributed by atoms with Gasteiger partial charge in [0, 0.05) is 5.56 Å². The zero-order valence-corrected chi connectivity index (χ0v) is 10.4. The topological polar surface area (TPSA) is 70.8 Å². The molecule has 0 aliphatic heterocycles. The van der Waals surface area contributed by atoms with Crippen molar-refractivity contribution in [1.82, 2.24) is 0 Å². The van der Waals surface area contributed by atoms with Crippen LogP contribution in [0.1, 0.15) is 12.5 Å². The van der Waals surface area contributed by atoms with Crippen LogP contribution in [0.2, 0.25) is 0 Å². The minimum atomic E-state index is -1.28. The molecule has 17 heavy (non-hydrogen) atoms. The minimum Gasteiger partial charge on any atom is -0.497 e. The molecule has 1 aromatic rings. The van der Waals surface area contributed by atoms with Crippen LogP contribution in [0.15, 0.2) is 18.2 Å². The third-order valence-electron chi connectivity index (χ3n) is 2.58. The van der Waals surface area contributed by atoms with Gasteiger partial charge in [0.1, 0.15) is 17.0 Å². The quantitative estimate of drug-likeness (QED) is 0.795. The second kappa shape index (κ2) is 5.05. The van der Waals surface area contributed by atoms with Crippen LogP contribution in [0.25, 0.3) is 0 Å². The fraction of sp³-hybridized carbons (Fsp3) is 0.417. The lowest BCUT2D eigenvalue weighted by atomic mass is 9.92. The molecule has 0 saturated heterocycles. The van der Waals surface area contributed by atoms with Crippen molar-refractivity contribution in [2.75, 3.05) is 21.3 Å². The van der Waals surface area contributed by atoms with Gasteiger partial charge >= 0.3 is 5.97 Å². The summed E-state index contributed by atoms with van der Waals surface area (Å²) in [6.45, 7) is 1.57. The predicted molar refractivity (Wildman–Crippen MR) is 63.1 cm³/mol.